The average molecular weight is 209 g/mol. The highest BCUT2D eigenvalue weighted by molar-refractivity contribution is 4.91. The second kappa shape index (κ2) is 4.45. The minimum Gasteiger partial charge on any atom is -0.327 e. The highest BCUT2D eigenvalue weighted by atomic mass is 14.7. The predicted octanol–water partition coefficient (Wildman–Crippen LogP) is 3.72. The zero-order valence-corrected chi connectivity index (χ0v) is 10.5. The Balaban J connectivity index is 1.98. The Labute approximate surface area is 94.8 Å². The topological polar surface area (TPSA) is 26.0 Å². The van der Waals surface area contributed by atoms with E-state index in [1.807, 2.05) is 0 Å². The summed E-state index contributed by atoms with van der Waals surface area (Å²) >= 11 is 0. The van der Waals surface area contributed by atoms with Gasteiger partial charge in [-0.1, -0.05) is 46.0 Å². The van der Waals surface area contributed by atoms with Crippen molar-refractivity contribution in [3.05, 3.63) is 0 Å². The van der Waals surface area contributed by atoms with Gasteiger partial charge in [-0.05, 0) is 36.5 Å². The smallest absolute Gasteiger partial charge is 0.00702 e. The first kappa shape index (κ1) is 11.4. The third-order valence-corrected chi connectivity index (χ3v) is 4.75. The van der Waals surface area contributed by atoms with Gasteiger partial charge in [-0.15, -0.1) is 0 Å². The van der Waals surface area contributed by atoms with Crippen LogP contribution in [-0.2, 0) is 0 Å². The Bertz CT molecular complexity index is 203. The largest absolute Gasteiger partial charge is 0.327 e. The minimum atomic E-state index is 0.501. The molecule has 2 aliphatic rings. The maximum absolute atomic E-state index is 6.33. The van der Waals surface area contributed by atoms with Gasteiger partial charge in [0, 0.05) is 6.04 Å². The zero-order chi connectivity index (χ0) is 10.9. The van der Waals surface area contributed by atoms with Crippen LogP contribution in [0.3, 0.4) is 0 Å². The fourth-order valence-electron chi connectivity index (χ4n) is 3.74. The fourth-order valence-corrected chi connectivity index (χ4v) is 3.74. The van der Waals surface area contributed by atoms with Crippen LogP contribution < -0.4 is 5.73 Å². The normalized spacial score (nSPS) is 37.8. The standard InChI is InChI=1S/C14H27N/c1-14(2)9-8-13(15)12(10-14)11-6-4-3-5-7-11/h11-13H,3-10,15H2,1-2H3. The van der Waals surface area contributed by atoms with Crippen LogP contribution in [0.5, 0.6) is 0 Å². The lowest BCUT2D eigenvalue weighted by Crippen LogP contribution is -2.43. The first-order valence-corrected chi connectivity index (χ1v) is 6.84. The van der Waals surface area contributed by atoms with Gasteiger partial charge in [0.1, 0.15) is 0 Å². The molecular formula is C14H27N. The number of rotatable bonds is 1. The average Bonchev–Trinajstić information content (AvgIpc) is 2.23. The van der Waals surface area contributed by atoms with E-state index in [2.05, 4.69) is 13.8 Å². The van der Waals surface area contributed by atoms with Crippen molar-refractivity contribution in [2.45, 2.75) is 71.3 Å². The van der Waals surface area contributed by atoms with Gasteiger partial charge in [-0.3, -0.25) is 0 Å². The molecule has 2 atom stereocenters. The molecule has 2 N–H and O–H groups in total. The third-order valence-electron chi connectivity index (χ3n) is 4.75. The molecule has 0 aromatic carbocycles. The fraction of sp³-hybridized carbons (Fsp3) is 1.00. The Morgan fingerprint density at radius 1 is 1.00 bits per heavy atom. The van der Waals surface area contributed by atoms with Gasteiger partial charge < -0.3 is 5.73 Å². The molecule has 2 unspecified atom stereocenters. The number of nitrogens with two attached hydrogens (primary N) is 1. The highest BCUT2D eigenvalue weighted by Crippen LogP contribution is 2.44. The quantitative estimate of drug-likeness (QED) is 0.700. The van der Waals surface area contributed by atoms with Crippen LogP contribution in [0.25, 0.3) is 0 Å². The van der Waals surface area contributed by atoms with E-state index in [-0.39, 0.29) is 0 Å². The van der Waals surface area contributed by atoms with Crippen molar-refractivity contribution >= 4 is 0 Å². The van der Waals surface area contributed by atoms with Crippen molar-refractivity contribution in [1.29, 1.82) is 0 Å². The van der Waals surface area contributed by atoms with Crippen LogP contribution >= 0.6 is 0 Å². The summed E-state index contributed by atoms with van der Waals surface area (Å²) in [6.07, 6.45) is 11.2. The lowest BCUT2D eigenvalue weighted by Gasteiger charge is -2.44. The van der Waals surface area contributed by atoms with Gasteiger partial charge >= 0.3 is 0 Å². The summed E-state index contributed by atoms with van der Waals surface area (Å²) in [4.78, 5) is 0. The molecule has 2 fully saturated rings. The van der Waals surface area contributed by atoms with E-state index in [4.69, 9.17) is 5.73 Å². The molecular weight excluding hydrogens is 182 g/mol. The van der Waals surface area contributed by atoms with E-state index < -0.39 is 0 Å². The molecule has 0 aromatic rings. The molecule has 0 aliphatic heterocycles. The zero-order valence-electron chi connectivity index (χ0n) is 10.5. The highest BCUT2D eigenvalue weighted by Gasteiger charge is 2.37. The van der Waals surface area contributed by atoms with Gasteiger partial charge in [0.05, 0.1) is 0 Å². The maximum Gasteiger partial charge on any atom is 0.00702 e. The number of hydrogen-bond donors (Lipinski definition) is 1. The molecule has 0 saturated heterocycles. The summed E-state index contributed by atoms with van der Waals surface area (Å²) in [5.41, 5.74) is 6.88. The van der Waals surface area contributed by atoms with Crippen LogP contribution in [-0.4, -0.2) is 6.04 Å². The SMILES string of the molecule is CC1(C)CCC(N)C(C2CCCCC2)C1. The Kier molecular flexibility index (Phi) is 3.39. The van der Waals surface area contributed by atoms with Gasteiger partial charge in [0.25, 0.3) is 0 Å². The number of hydrogen-bond acceptors (Lipinski definition) is 1. The van der Waals surface area contributed by atoms with Crippen LogP contribution in [0.4, 0.5) is 0 Å². The van der Waals surface area contributed by atoms with Crippen molar-refractivity contribution in [1.82, 2.24) is 0 Å². The molecule has 0 amide bonds. The van der Waals surface area contributed by atoms with Crippen molar-refractivity contribution in [2.75, 3.05) is 0 Å². The first-order valence-electron chi connectivity index (χ1n) is 6.84. The van der Waals surface area contributed by atoms with E-state index >= 15 is 0 Å². The summed E-state index contributed by atoms with van der Waals surface area (Å²) in [6.45, 7) is 4.85. The third kappa shape index (κ3) is 2.75. The van der Waals surface area contributed by atoms with E-state index in [0.717, 1.165) is 11.8 Å². The van der Waals surface area contributed by atoms with Crippen LogP contribution in [0.1, 0.15) is 65.2 Å². The summed E-state index contributed by atoms with van der Waals surface area (Å²) in [5, 5.41) is 0. The molecule has 0 radical (unpaired) electrons. The summed E-state index contributed by atoms with van der Waals surface area (Å²) < 4.78 is 0. The van der Waals surface area contributed by atoms with E-state index in [1.165, 1.54) is 51.4 Å². The predicted molar refractivity (Wildman–Crippen MR) is 65.7 cm³/mol. The lowest BCUT2D eigenvalue weighted by molar-refractivity contribution is 0.0932. The van der Waals surface area contributed by atoms with Crippen molar-refractivity contribution in [3.63, 3.8) is 0 Å². The molecule has 0 bridgehead atoms. The molecule has 88 valence electrons. The Morgan fingerprint density at radius 3 is 2.33 bits per heavy atom. The molecule has 15 heavy (non-hydrogen) atoms. The monoisotopic (exact) mass is 209 g/mol. The summed E-state index contributed by atoms with van der Waals surface area (Å²) in [6, 6.07) is 0.501. The molecule has 0 aromatic heterocycles. The second-order valence-electron chi connectivity index (χ2n) is 6.63. The molecule has 0 spiro atoms. The van der Waals surface area contributed by atoms with Crippen LogP contribution in [0.15, 0.2) is 0 Å². The van der Waals surface area contributed by atoms with Crippen LogP contribution in [0, 0.1) is 17.3 Å². The molecule has 2 saturated carbocycles. The minimum absolute atomic E-state index is 0.501. The second-order valence-corrected chi connectivity index (χ2v) is 6.63. The van der Waals surface area contributed by atoms with Crippen LogP contribution in [0.2, 0.25) is 0 Å². The van der Waals surface area contributed by atoms with E-state index in [9.17, 15) is 0 Å². The Morgan fingerprint density at radius 2 is 1.67 bits per heavy atom. The van der Waals surface area contributed by atoms with E-state index in [1.54, 1.807) is 0 Å². The van der Waals surface area contributed by atoms with Gasteiger partial charge in [0.15, 0.2) is 0 Å². The van der Waals surface area contributed by atoms with Crippen molar-refractivity contribution < 1.29 is 0 Å². The maximum atomic E-state index is 6.33. The molecule has 2 aliphatic carbocycles. The van der Waals surface area contributed by atoms with E-state index in [0.29, 0.717) is 11.5 Å². The Hall–Kier alpha value is -0.0400. The molecule has 2 rings (SSSR count). The van der Waals surface area contributed by atoms with Gasteiger partial charge in [0.2, 0.25) is 0 Å². The molecule has 1 heteroatoms. The van der Waals surface area contributed by atoms with Gasteiger partial charge in [-0.25, -0.2) is 0 Å². The lowest BCUT2D eigenvalue weighted by atomic mass is 9.63. The molecule has 0 heterocycles. The van der Waals surface area contributed by atoms with Gasteiger partial charge in [-0.2, -0.15) is 0 Å². The first-order chi connectivity index (χ1) is 7.08. The molecule has 1 nitrogen and oxygen atoms in total. The van der Waals surface area contributed by atoms with Crippen molar-refractivity contribution in [2.24, 2.45) is 23.0 Å². The summed E-state index contributed by atoms with van der Waals surface area (Å²) in [5.74, 6) is 1.78. The summed E-state index contributed by atoms with van der Waals surface area (Å²) in [7, 11) is 0. The van der Waals surface area contributed by atoms with Crippen molar-refractivity contribution in [3.8, 4) is 0 Å².